The van der Waals surface area contributed by atoms with E-state index in [0.717, 1.165) is 34.1 Å². The highest BCUT2D eigenvalue weighted by atomic mass is 79.9. The molecule has 2 aromatic heterocycles. The van der Waals surface area contributed by atoms with Crippen LogP contribution in [0.4, 0.5) is 5.82 Å². The molecule has 2 heterocycles. The monoisotopic (exact) mass is 306 g/mol. The van der Waals surface area contributed by atoms with Crippen molar-refractivity contribution in [1.29, 1.82) is 0 Å². The van der Waals surface area contributed by atoms with Crippen molar-refractivity contribution in [3.8, 4) is 11.4 Å². The van der Waals surface area contributed by atoms with E-state index < -0.39 is 0 Å². The lowest BCUT2D eigenvalue weighted by atomic mass is 10.1. The average Bonchev–Trinajstić information content (AvgIpc) is 2.41. The second-order valence-corrected chi connectivity index (χ2v) is 4.73. The summed E-state index contributed by atoms with van der Waals surface area (Å²) in [4.78, 5) is 13.0. The van der Waals surface area contributed by atoms with Gasteiger partial charge in [-0.15, -0.1) is 0 Å². The highest BCUT2D eigenvalue weighted by Crippen LogP contribution is 2.27. The molecule has 0 saturated carbocycles. The minimum absolute atomic E-state index is 0.482. The number of pyridine rings is 1. The Morgan fingerprint density at radius 1 is 1.22 bits per heavy atom. The Bertz CT molecular complexity index is 569. The quantitative estimate of drug-likeness (QED) is 0.946. The summed E-state index contributed by atoms with van der Waals surface area (Å²) in [6.45, 7) is 4.13. The van der Waals surface area contributed by atoms with Gasteiger partial charge in [0.25, 0.3) is 0 Å². The first-order valence-electron chi connectivity index (χ1n) is 5.92. The molecule has 0 bridgehead atoms. The van der Waals surface area contributed by atoms with Crippen LogP contribution in [0.15, 0.2) is 22.9 Å². The fourth-order valence-electron chi connectivity index (χ4n) is 1.79. The number of nitrogens with zero attached hydrogens (tertiary/aromatic N) is 3. The van der Waals surface area contributed by atoms with Crippen molar-refractivity contribution in [3.05, 3.63) is 34.2 Å². The van der Waals surface area contributed by atoms with Gasteiger partial charge in [0.05, 0.1) is 10.2 Å². The van der Waals surface area contributed by atoms with Crippen LogP contribution in [0.5, 0.6) is 0 Å². The van der Waals surface area contributed by atoms with Gasteiger partial charge >= 0.3 is 0 Å². The lowest BCUT2D eigenvalue weighted by Crippen LogP contribution is -2.03. The summed E-state index contributed by atoms with van der Waals surface area (Å²) in [5.74, 6) is 1.16. The standard InChI is InChI=1S/C13H15BrN4/c1-3-8-7-16-6-5-9(8)13-17-10(4-2)11(14)12(15)18-13/h5-7H,3-4H2,1-2H3,(H2,15,17,18). The lowest BCUT2D eigenvalue weighted by molar-refractivity contribution is 0.988. The van der Waals surface area contributed by atoms with Crippen LogP contribution >= 0.6 is 15.9 Å². The Balaban J connectivity index is 2.61. The summed E-state index contributed by atoms with van der Waals surface area (Å²) >= 11 is 3.42. The summed E-state index contributed by atoms with van der Waals surface area (Å²) in [5.41, 5.74) is 8.97. The van der Waals surface area contributed by atoms with Crippen molar-refractivity contribution >= 4 is 21.7 Å². The van der Waals surface area contributed by atoms with Gasteiger partial charge in [-0.3, -0.25) is 4.98 Å². The van der Waals surface area contributed by atoms with Gasteiger partial charge in [-0.1, -0.05) is 13.8 Å². The van der Waals surface area contributed by atoms with Crippen molar-refractivity contribution in [3.63, 3.8) is 0 Å². The van der Waals surface area contributed by atoms with Crippen molar-refractivity contribution in [2.24, 2.45) is 0 Å². The largest absolute Gasteiger partial charge is 0.383 e. The summed E-state index contributed by atoms with van der Waals surface area (Å²) in [7, 11) is 0. The molecule has 0 saturated heterocycles. The molecule has 2 aromatic rings. The summed E-state index contributed by atoms with van der Waals surface area (Å²) < 4.78 is 0.792. The van der Waals surface area contributed by atoms with Gasteiger partial charge in [-0.05, 0) is 40.4 Å². The van der Waals surface area contributed by atoms with Gasteiger partial charge in [0, 0.05) is 18.0 Å². The Morgan fingerprint density at radius 2 is 2.00 bits per heavy atom. The lowest BCUT2D eigenvalue weighted by Gasteiger charge is -2.10. The fourth-order valence-corrected chi connectivity index (χ4v) is 2.25. The van der Waals surface area contributed by atoms with Gasteiger partial charge < -0.3 is 5.73 Å². The predicted octanol–water partition coefficient (Wildman–Crippen LogP) is 3.01. The van der Waals surface area contributed by atoms with E-state index in [-0.39, 0.29) is 0 Å². The van der Waals surface area contributed by atoms with Crippen LogP contribution in [-0.2, 0) is 12.8 Å². The van der Waals surface area contributed by atoms with Crippen LogP contribution in [0, 0.1) is 0 Å². The predicted molar refractivity (Wildman–Crippen MR) is 76.1 cm³/mol. The molecular weight excluding hydrogens is 292 g/mol. The first-order valence-corrected chi connectivity index (χ1v) is 6.71. The molecule has 4 nitrogen and oxygen atoms in total. The zero-order valence-corrected chi connectivity index (χ0v) is 12.0. The molecule has 0 aliphatic heterocycles. The van der Waals surface area contributed by atoms with Crippen LogP contribution in [0.2, 0.25) is 0 Å². The maximum atomic E-state index is 5.91. The van der Waals surface area contributed by atoms with E-state index in [0.29, 0.717) is 11.6 Å². The third-order valence-corrected chi connectivity index (χ3v) is 3.67. The molecule has 0 fully saturated rings. The Labute approximate surface area is 115 Å². The molecule has 94 valence electrons. The van der Waals surface area contributed by atoms with Crippen LogP contribution in [0.1, 0.15) is 25.1 Å². The Hall–Kier alpha value is -1.49. The maximum absolute atomic E-state index is 5.91. The van der Waals surface area contributed by atoms with E-state index >= 15 is 0 Å². The van der Waals surface area contributed by atoms with E-state index in [1.54, 1.807) is 6.20 Å². The molecule has 0 radical (unpaired) electrons. The zero-order valence-electron chi connectivity index (χ0n) is 10.4. The fraction of sp³-hybridized carbons (Fsp3) is 0.308. The topological polar surface area (TPSA) is 64.7 Å². The van der Waals surface area contributed by atoms with Crippen molar-refractivity contribution in [1.82, 2.24) is 15.0 Å². The van der Waals surface area contributed by atoms with E-state index in [1.165, 1.54) is 0 Å². The number of nitrogens with two attached hydrogens (primary N) is 1. The number of hydrogen-bond donors (Lipinski definition) is 1. The second kappa shape index (κ2) is 5.44. The minimum atomic E-state index is 0.482. The Kier molecular flexibility index (Phi) is 3.91. The van der Waals surface area contributed by atoms with Crippen molar-refractivity contribution < 1.29 is 0 Å². The molecule has 0 aliphatic carbocycles. The number of nitrogen functional groups attached to an aromatic ring is 1. The normalized spacial score (nSPS) is 10.6. The zero-order chi connectivity index (χ0) is 13.1. The second-order valence-electron chi connectivity index (χ2n) is 3.93. The number of aromatic nitrogens is 3. The number of anilines is 1. The smallest absolute Gasteiger partial charge is 0.162 e. The number of halogens is 1. The summed E-state index contributed by atoms with van der Waals surface area (Å²) in [5, 5.41) is 0. The summed E-state index contributed by atoms with van der Waals surface area (Å²) in [6.07, 6.45) is 5.31. The first kappa shape index (κ1) is 13.0. The molecule has 2 rings (SSSR count). The van der Waals surface area contributed by atoms with Gasteiger partial charge in [0.1, 0.15) is 5.82 Å². The molecule has 2 N–H and O–H groups in total. The third-order valence-electron chi connectivity index (χ3n) is 2.81. The van der Waals surface area contributed by atoms with E-state index in [1.807, 2.05) is 19.2 Å². The molecule has 0 spiro atoms. The van der Waals surface area contributed by atoms with Gasteiger partial charge in [0.2, 0.25) is 0 Å². The maximum Gasteiger partial charge on any atom is 0.162 e. The molecule has 0 atom stereocenters. The van der Waals surface area contributed by atoms with E-state index in [2.05, 4.69) is 37.8 Å². The SMILES string of the molecule is CCc1cnccc1-c1nc(N)c(Br)c(CC)n1. The molecule has 0 aliphatic rings. The third kappa shape index (κ3) is 2.36. The first-order chi connectivity index (χ1) is 8.67. The molecule has 18 heavy (non-hydrogen) atoms. The van der Waals surface area contributed by atoms with Crippen molar-refractivity contribution in [2.75, 3.05) is 5.73 Å². The highest BCUT2D eigenvalue weighted by Gasteiger charge is 2.12. The number of rotatable bonds is 3. The molecule has 0 aromatic carbocycles. The average molecular weight is 307 g/mol. The molecule has 5 heteroatoms. The number of aryl methyl sites for hydroxylation is 2. The van der Waals surface area contributed by atoms with Crippen LogP contribution in [0.25, 0.3) is 11.4 Å². The van der Waals surface area contributed by atoms with E-state index in [4.69, 9.17) is 5.73 Å². The molecular formula is C13H15BrN4. The van der Waals surface area contributed by atoms with Gasteiger partial charge in [-0.2, -0.15) is 0 Å². The molecule has 0 unspecified atom stereocenters. The van der Waals surface area contributed by atoms with Crippen LogP contribution in [-0.4, -0.2) is 15.0 Å². The minimum Gasteiger partial charge on any atom is -0.383 e. The van der Waals surface area contributed by atoms with Crippen LogP contribution < -0.4 is 5.73 Å². The van der Waals surface area contributed by atoms with Gasteiger partial charge in [-0.25, -0.2) is 9.97 Å². The highest BCUT2D eigenvalue weighted by molar-refractivity contribution is 9.10. The van der Waals surface area contributed by atoms with Crippen LogP contribution in [0.3, 0.4) is 0 Å². The van der Waals surface area contributed by atoms with Crippen molar-refractivity contribution in [2.45, 2.75) is 26.7 Å². The number of hydrogen-bond acceptors (Lipinski definition) is 4. The van der Waals surface area contributed by atoms with E-state index in [9.17, 15) is 0 Å². The molecule has 0 amide bonds. The summed E-state index contributed by atoms with van der Waals surface area (Å²) in [6, 6.07) is 1.93. The Morgan fingerprint density at radius 3 is 2.67 bits per heavy atom. The van der Waals surface area contributed by atoms with Gasteiger partial charge in [0.15, 0.2) is 5.82 Å².